The van der Waals surface area contributed by atoms with Crippen molar-refractivity contribution in [2.24, 2.45) is 11.0 Å². The molecule has 0 amide bonds. The highest BCUT2D eigenvalue weighted by Gasteiger charge is 2.35. The Kier molecular flexibility index (Phi) is 8.69. The third kappa shape index (κ3) is 7.67. The van der Waals surface area contributed by atoms with Gasteiger partial charge in [0.1, 0.15) is 16.4 Å². The molecular weight excluding hydrogens is 467 g/mol. The number of hydrazone groups is 1. The summed E-state index contributed by atoms with van der Waals surface area (Å²) in [7, 11) is 0. The van der Waals surface area contributed by atoms with Crippen molar-refractivity contribution >= 4 is 34.1 Å². The van der Waals surface area contributed by atoms with Gasteiger partial charge in [0.25, 0.3) is 0 Å². The summed E-state index contributed by atoms with van der Waals surface area (Å²) in [6, 6.07) is 0. The smallest absolute Gasteiger partial charge is 0.384 e. The highest BCUT2D eigenvalue weighted by atomic mass is 32.1. The molecule has 2 aromatic rings. The minimum atomic E-state index is -4.46. The zero-order valence-electron chi connectivity index (χ0n) is 19.0. The number of hydrogen-bond donors (Lipinski definition) is 2. The first-order valence-electron chi connectivity index (χ1n) is 11.0. The summed E-state index contributed by atoms with van der Waals surface area (Å²) < 4.78 is 39.8. The molecule has 2 aromatic heterocycles. The minimum Gasteiger partial charge on any atom is -0.384 e. The van der Waals surface area contributed by atoms with Crippen LogP contribution in [0.15, 0.2) is 35.5 Å². The Labute approximate surface area is 200 Å². The van der Waals surface area contributed by atoms with E-state index in [1.165, 1.54) is 4.88 Å². The van der Waals surface area contributed by atoms with E-state index in [1.54, 1.807) is 28.9 Å². The molecule has 0 unspecified atom stereocenters. The summed E-state index contributed by atoms with van der Waals surface area (Å²) in [4.78, 5) is 10.4. The molecule has 2 N–H and O–H groups in total. The number of nitrogens with one attached hydrogen (secondary N) is 2. The van der Waals surface area contributed by atoms with Gasteiger partial charge in [-0.1, -0.05) is 27.0 Å². The van der Waals surface area contributed by atoms with Crippen LogP contribution in [-0.4, -0.2) is 28.4 Å². The Balaban J connectivity index is 1.50. The lowest BCUT2D eigenvalue weighted by Crippen LogP contribution is -2.26. The van der Waals surface area contributed by atoms with Crippen LogP contribution in [0.5, 0.6) is 0 Å². The molecule has 0 spiro atoms. The lowest BCUT2D eigenvalue weighted by atomic mass is 10.1. The molecule has 2 heterocycles. The van der Waals surface area contributed by atoms with E-state index in [1.807, 2.05) is 19.2 Å². The van der Waals surface area contributed by atoms with E-state index in [0.29, 0.717) is 37.4 Å². The van der Waals surface area contributed by atoms with E-state index in [2.05, 4.69) is 34.0 Å². The number of halogens is 3. The van der Waals surface area contributed by atoms with Crippen LogP contribution in [-0.2, 0) is 6.42 Å². The Morgan fingerprint density at radius 3 is 2.61 bits per heavy atom. The zero-order valence-corrected chi connectivity index (χ0v) is 20.6. The monoisotopic (exact) mass is 497 g/mol. The maximum absolute atomic E-state index is 13.3. The molecule has 10 heteroatoms. The molecule has 5 nitrogen and oxygen atoms in total. The Bertz CT molecular complexity index is 973. The zero-order chi connectivity index (χ0) is 24.0. The van der Waals surface area contributed by atoms with Gasteiger partial charge in [0.2, 0.25) is 0 Å². The highest BCUT2D eigenvalue weighted by molar-refractivity contribution is 7.12. The lowest BCUT2D eigenvalue weighted by Gasteiger charge is -2.14. The first kappa shape index (κ1) is 25.4. The van der Waals surface area contributed by atoms with Crippen LogP contribution in [0.1, 0.15) is 72.5 Å². The molecule has 0 radical (unpaired) electrons. The number of allylic oxidation sites excluding steroid dienone is 1. The Morgan fingerprint density at radius 1 is 1.24 bits per heavy atom. The van der Waals surface area contributed by atoms with Crippen LogP contribution in [0.3, 0.4) is 0 Å². The minimum absolute atomic E-state index is 0.00628. The Hall–Kier alpha value is -2.20. The van der Waals surface area contributed by atoms with Crippen molar-refractivity contribution in [1.82, 2.24) is 20.7 Å². The topological polar surface area (TPSA) is 62.2 Å². The fourth-order valence-electron chi connectivity index (χ4n) is 3.03. The number of unbranched alkanes of at least 4 members (excludes halogenated alkanes) is 1. The third-order valence-electron chi connectivity index (χ3n) is 5.25. The van der Waals surface area contributed by atoms with Gasteiger partial charge in [-0.15, -0.1) is 22.7 Å². The van der Waals surface area contributed by atoms with Gasteiger partial charge in [0.05, 0.1) is 17.1 Å². The van der Waals surface area contributed by atoms with E-state index in [0.717, 1.165) is 34.2 Å². The van der Waals surface area contributed by atoms with Crippen molar-refractivity contribution in [3.05, 3.63) is 51.0 Å². The fraction of sp³-hybridized carbons (Fsp3) is 0.522. The summed E-state index contributed by atoms with van der Waals surface area (Å²) in [5.74, 6) is 0.548. The molecule has 1 saturated carbocycles. The van der Waals surface area contributed by atoms with Gasteiger partial charge in [-0.3, -0.25) is 5.43 Å². The molecule has 1 aliphatic rings. The molecule has 1 aliphatic carbocycles. The second-order valence-corrected chi connectivity index (χ2v) is 10.5. The molecular formula is C23H30F3N5S2. The number of nitrogens with zero attached hydrogens (tertiary/aromatic N) is 3. The van der Waals surface area contributed by atoms with Crippen molar-refractivity contribution in [1.29, 1.82) is 0 Å². The molecule has 0 bridgehead atoms. The quantitative estimate of drug-likeness (QED) is 0.189. The van der Waals surface area contributed by atoms with Crippen molar-refractivity contribution in [2.75, 3.05) is 6.54 Å². The first-order valence-corrected chi connectivity index (χ1v) is 12.7. The highest BCUT2D eigenvalue weighted by Crippen LogP contribution is 2.45. The van der Waals surface area contributed by atoms with Gasteiger partial charge < -0.3 is 5.32 Å². The van der Waals surface area contributed by atoms with Crippen molar-refractivity contribution in [3.63, 3.8) is 0 Å². The van der Waals surface area contributed by atoms with E-state index in [9.17, 15) is 13.2 Å². The predicted molar refractivity (Wildman–Crippen MR) is 131 cm³/mol. The number of alkyl halides is 3. The Morgan fingerprint density at radius 2 is 2.00 bits per heavy atom. The maximum atomic E-state index is 13.3. The van der Waals surface area contributed by atoms with E-state index >= 15 is 0 Å². The van der Waals surface area contributed by atoms with Crippen LogP contribution in [0.2, 0.25) is 0 Å². The molecule has 1 fully saturated rings. The van der Waals surface area contributed by atoms with Crippen LogP contribution >= 0.6 is 22.7 Å². The van der Waals surface area contributed by atoms with Gasteiger partial charge >= 0.3 is 6.18 Å². The first-order chi connectivity index (χ1) is 15.6. The molecule has 0 saturated heterocycles. The van der Waals surface area contributed by atoms with Gasteiger partial charge in [-0.2, -0.15) is 18.3 Å². The second-order valence-electron chi connectivity index (χ2n) is 8.41. The van der Waals surface area contributed by atoms with Crippen LogP contribution < -0.4 is 10.7 Å². The standard InChI is InChI=1S/C23H30F3N5S2/c1-14(2)15(3)30-31-18(23(24,25)26)7-5-6-10-27-16(4)21-22(17-8-9-17)33-20(29-21)13-19-28-11-12-32-19/h11-12,14,17,27,30H,3-10,13H2,1-2H3/b31-18-. The van der Waals surface area contributed by atoms with Gasteiger partial charge in [0.15, 0.2) is 0 Å². The molecule has 3 rings (SSSR count). The van der Waals surface area contributed by atoms with Crippen molar-refractivity contribution in [3.8, 4) is 0 Å². The van der Waals surface area contributed by atoms with E-state index < -0.39 is 11.9 Å². The second kappa shape index (κ2) is 11.3. The normalized spacial score (nSPS) is 14.5. The summed E-state index contributed by atoms with van der Waals surface area (Å²) in [6.45, 7) is 12.1. The average molecular weight is 498 g/mol. The maximum Gasteiger partial charge on any atom is 0.431 e. The van der Waals surface area contributed by atoms with Crippen molar-refractivity contribution in [2.45, 2.75) is 64.5 Å². The third-order valence-corrected chi connectivity index (χ3v) is 7.25. The number of aromatic nitrogens is 2. The summed E-state index contributed by atoms with van der Waals surface area (Å²) in [5, 5.41) is 10.8. The summed E-state index contributed by atoms with van der Waals surface area (Å²) in [5.41, 5.74) is 3.71. The summed E-state index contributed by atoms with van der Waals surface area (Å²) in [6.07, 6.45) is 1.14. The van der Waals surface area contributed by atoms with E-state index in [4.69, 9.17) is 4.98 Å². The SMILES string of the molecule is C=C(NCCCC/C(=N/NC(=C)C(C)C)C(F)(F)F)c1nc(Cc2nccs2)sc1C1CC1. The molecule has 33 heavy (non-hydrogen) atoms. The number of rotatable bonds is 13. The van der Waals surface area contributed by atoms with Crippen LogP contribution in [0.25, 0.3) is 5.70 Å². The summed E-state index contributed by atoms with van der Waals surface area (Å²) >= 11 is 3.33. The molecule has 0 aliphatic heterocycles. The number of thiazole rings is 2. The number of hydrogen-bond acceptors (Lipinski definition) is 7. The molecule has 0 atom stereocenters. The average Bonchev–Trinajstić information content (AvgIpc) is 3.30. The van der Waals surface area contributed by atoms with Crippen LogP contribution in [0, 0.1) is 5.92 Å². The largest absolute Gasteiger partial charge is 0.431 e. The lowest BCUT2D eigenvalue weighted by molar-refractivity contribution is -0.0610. The fourth-order valence-corrected chi connectivity index (χ4v) is 5.01. The van der Waals surface area contributed by atoms with Crippen molar-refractivity contribution < 1.29 is 13.2 Å². The predicted octanol–water partition coefficient (Wildman–Crippen LogP) is 6.48. The van der Waals surface area contributed by atoms with Crippen LogP contribution in [0.4, 0.5) is 13.2 Å². The molecule has 0 aromatic carbocycles. The molecule has 180 valence electrons. The van der Waals surface area contributed by atoms with E-state index in [-0.39, 0.29) is 12.3 Å². The van der Waals surface area contributed by atoms with Gasteiger partial charge in [-0.25, -0.2) is 9.97 Å². The van der Waals surface area contributed by atoms with Gasteiger partial charge in [-0.05, 0) is 43.9 Å². The van der Waals surface area contributed by atoms with Gasteiger partial charge in [0, 0.05) is 28.7 Å².